The summed E-state index contributed by atoms with van der Waals surface area (Å²) >= 11 is 0. The van der Waals surface area contributed by atoms with E-state index in [1.54, 1.807) is 13.8 Å². The van der Waals surface area contributed by atoms with Gasteiger partial charge in [-0.3, -0.25) is 0 Å². The maximum Gasteiger partial charge on any atom is 0.335 e. The fourth-order valence-electron chi connectivity index (χ4n) is 5.78. The first-order valence-corrected chi connectivity index (χ1v) is 18.8. The maximum atomic E-state index is 12.2. The van der Waals surface area contributed by atoms with Crippen LogP contribution in [-0.2, 0) is 41.4 Å². The van der Waals surface area contributed by atoms with Crippen molar-refractivity contribution in [2.75, 3.05) is 39.6 Å². The van der Waals surface area contributed by atoms with Gasteiger partial charge in [0.2, 0.25) is 0 Å². The van der Waals surface area contributed by atoms with Gasteiger partial charge in [0.05, 0.1) is 13.2 Å². The standard InChI is InChI=1S/C46H54O8/c1-7-49-43(45(47)51-9-3)31-35-11-23-41(24-12-35)53-29-27-33(5)37-15-19-39(20-16-37)40-21-17-38(18-22-40)34(6)28-30-54-42-25-13-36(14-26-42)32-44(50-8-2)46(48)52-10-4/h11-28,43-44H,7-10,29-32H2,1-6H3/b33-27+,34-28+. The zero-order valence-corrected chi connectivity index (χ0v) is 32.5. The molecule has 286 valence electrons. The quantitative estimate of drug-likeness (QED) is 0.0783. The SMILES string of the molecule is CCOC(=O)C(Cc1ccc(OC/C=C(\C)c2ccc(-c3ccc(/C(C)=C/COc4ccc(CC(OCC)C(=O)OCC)cc4)cc3)cc2)cc1)OCC. The summed E-state index contributed by atoms with van der Waals surface area (Å²) in [6.45, 7) is 13.9. The molecule has 0 aliphatic carbocycles. The highest BCUT2D eigenvalue weighted by Gasteiger charge is 2.21. The van der Waals surface area contributed by atoms with Gasteiger partial charge in [-0.1, -0.05) is 72.8 Å². The normalized spacial score (nSPS) is 12.9. The molecular weight excluding hydrogens is 680 g/mol. The van der Waals surface area contributed by atoms with Crippen LogP contribution in [0.2, 0.25) is 0 Å². The third kappa shape index (κ3) is 13.0. The lowest BCUT2D eigenvalue weighted by Crippen LogP contribution is -2.28. The molecule has 54 heavy (non-hydrogen) atoms. The molecule has 0 aliphatic heterocycles. The summed E-state index contributed by atoms with van der Waals surface area (Å²) in [6.07, 6.45) is 3.83. The Bertz CT molecular complexity index is 1650. The number of ether oxygens (including phenoxy) is 6. The molecule has 4 rings (SSSR count). The lowest BCUT2D eigenvalue weighted by molar-refractivity contribution is -0.157. The third-order valence-electron chi connectivity index (χ3n) is 8.82. The van der Waals surface area contributed by atoms with E-state index in [1.807, 2.05) is 62.4 Å². The number of allylic oxidation sites excluding steroid dienone is 2. The molecule has 0 bridgehead atoms. The van der Waals surface area contributed by atoms with Crippen molar-refractivity contribution in [2.24, 2.45) is 0 Å². The third-order valence-corrected chi connectivity index (χ3v) is 8.82. The number of benzene rings is 4. The highest BCUT2D eigenvalue weighted by Crippen LogP contribution is 2.25. The monoisotopic (exact) mass is 734 g/mol. The average molecular weight is 735 g/mol. The highest BCUT2D eigenvalue weighted by molar-refractivity contribution is 5.76. The van der Waals surface area contributed by atoms with Crippen LogP contribution < -0.4 is 9.47 Å². The van der Waals surface area contributed by atoms with Crippen LogP contribution >= 0.6 is 0 Å². The summed E-state index contributed by atoms with van der Waals surface area (Å²) < 4.78 is 33.4. The van der Waals surface area contributed by atoms with Crippen LogP contribution in [0.1, 0.15) is 63.8 Å². The fourth-order valence-corrected chi connectivity index (χ4v) is 5.78. The van der Waals surface area contributed by atoms with Crippen molar-refractivity contribution in [3.63, 3.8) is 0 Å². The molecule has 2 atom stereocenters. The predicted octanol–water partition coefficient (Wildman–Crippen LogP) is 9.34. The van der Waals surface area contributed by atoms with Crippen LogP contribution in [0.15, 0.2) is 109 Å². The molecule has 4 aromatic rings. The number of esters is 2. The van der Waals surface area contributed by atoms with Crippen molar-refractivity contribution in [1.29, 1.82) is 0 Å². The van der Waals surface area contributed by atoms with Gasteiger partial charge in [0, 0.05) is 26.1 Å². The van der Waals surface area contributed by atoms with E-state index in [4.69, 9.17) is 28.4 Å². The first-order chi connectivity index (χ1) is 26.2. The molecule has 0 aromatic heterocycles. The molecule has 0 N–H and O–H groups in total. The van der Waals surface area contributed by atoms with Crippen molar-refractivity contribution in [2.45, 2.75) is 66.6 Å². The summed E-state index contributed by atoms with van der Waals surface area (Å²) in [4.78, 5) is 24.4. The zero-order chi connectivity index (χ0) is 38.7. The van der Waals surface area contributed by atoms with Gasteiger partial charge in [-0.15, -0.1) is 0 Å². The molecule has 0 fully saturated rings. The van der Waals surface area contributed by atoms with Crippen LogP contribution in [0, 0.1) is 0 Å². The Morgan fingerprint density at radius 3 is 1.17 bits per heavy atom. The first-order valence-electron chi connectivity index (χ1n) is 18.8. The van der Waals surface area contributed by atoms with Gasteiger partial charge in [-0.25, -0.2) is 9.59 Å². The number of hydrogen-bond acceptors (Lipinski definition) is 8. The van der Waals surface area contributed by atoms with E-state index < -0.39 is 12.2 Å². The predicted molar refractivity (Wildman–Crippen MR) is 215 cm³/mol. The second kappa shape index (κ2) is 22.1. The molecule has 8 heteroatoms. The molecule has 8 nitrogen and oxygen atoms in total. The summed E-state index contributed by atoms with van der Waals surface area (Å²) in [5.41, 5.74) is 8.78. The van der Waals surface area contributed by atoms with E-state index in [-0.39, 0.29) is 11.9 Å². The van der Waals surface area contributed by atoms with Crippen LogP contribution in [0.25, 0.3) is 22.3 Å². The van der Waals surface area contributed by atoms with Gasteiger partial charge in [-0.05, 0) is 122 Å². The van der Waals surface area contributed by atoms with E-state index in [2.05, 4.69) is 74.5 Å². The molecule has 4 aromatic carbocycles. The van der Waals surface area contributed by atoms with Gasteiger partial charge >= 0.3 is 11.9 Å². The lowest BCUT2D eigenvalue weighted by Gasteiger charge is -2.15. The molecule has 0 radical (unpaired) electrons. The largest absolute Gasteiger partial charge is 0.490 e. The van der Waals surface area contributed by atoms with Crippen molar-refractivity contribution in [3.05, 3.63) is 131 Å². The van der Waals surface area contributed by atoms with Crippen LogP contribution in [0.3, 0.4) is 0 Å². The topological polar surface area (TPSA) is 89.5 Å². The second-order valence-electron chi connectivity index (χ2n) is 12.6. The minimum Gasteiger partial charge on any atom is -0.490 e. The smallest absolute Gasteiger partial charge is 0.335 e. The minimum atomic E-state index is -0.610. The van der Waals surface area contributed by atoms with Gasteiger partial charge in [-0.2, -0.15) is 0 Å². The Labute approximate surface area is 320 Å². The number of carbonyl (C=O) groups excluding carboxylic acids is 2. The van der Waals surface area contributed by atoms with Gasteiger partial charge in [0.25, 0.3) is 0 Å². The van der Waals surface area contributed by atoms with Gasteiger partial charge in [0.15, 0.2) is 12.2 Å². The number of rotatable bonds is 21. The van der Waals surface area contributed by atoms with Crippen molar-refractivity contribution in [3.8, 4) is 22.6 Å². The molecule has 0 heterocycles. The molecule has 0 saturated heterocycles. The van der Waals surface area contributed by atoms with Gasteiger partial charge < -0.3 is 28.4 Å². The van der Waals surface area contributed by atoms with Crippen molar-refractivity contribution < 1.29 is 38.0 Å². The van der Waals surface area contributed by atoms with Crippen LogP contribution in [0.5, 0.6) is 11.5 Å². The minimum absolute atomic E-state index is 0.329. The molecular formula is C46H54O8. The molecule has 0 saturated carbocycles. The van der Waals surface area contributed by atoms with E-state index in [1.165, 1.54) is 0 Å². The lowest BCUT2D eigenvalue weighted by atomic mass is 9.98. The Hall–Kier alpha value is -5.18. The summed E-state index contributed by atoms with van der Waals surface area (Å²) in [5.74, 6) is 0.844. The Kier molecular flexibility index (Phi) is 17.0. The number of hydrogen-bond donors (Lipinski definition) is 0. The fraction of sp³-hybridized carbons (Fsp3) is 0.348. The maximum absolute atomic E-state index is 12.2. The van der Waals surface area contributed by atoms with Crippen molar-refractivity contribution in [1.82, 2.24) is 0 Å². The number of carbonyl (C=O) groups is 2. The molecule has 2 unspecified atom stereocenters. The van der Waals surface area contributed by atoms with Crippen LogP contribution in [-0.4, -0.2) is 63.8 Å². The molecule has 0 amide bonds. The zero-order valence-electron chi connectivity index (χ0n) is 32.5. The van der Waals surface area contributed by atoms with E-state index in [0.717, 1.165) is 56.0 Å². The van der Waals surface area contributed by atoms with E-state index in [0.29, 0.717) is 52.5 Å². The van der Waals surface area contributed by atoms with E-state index >= 15 is 0 Å². The summed E-state index contributed by atoms with van der Waals surface area (Å²) in [7, 11) is 0. The Morgan fingerprint density at radius 1 is 0.500 bits per heavy atom. The second-order valence-corrected chi connectivity index (χ2v) is 12.6. The Morgan fingerprint density at radius 2 is 0.852 bits per heavy atom. The molecule has 0 aliphatic rings. The van der Waals surface area contributed by atoms with Crippen molar-refractivity contribution >= 4 is 23.1 Å². The first kappa shape index (κ1) is 41.6. The molecule has 0 spiro atoms. The summed E-state index contributed by atoms with van der Waals surface area (Å²) in [5, 5.41) is 0. The highest BCUT2D eigenvalue weighted by atomic mass is 16.6. The van der Waals surface area contributed by atoms with Crippen LogP contribution in [0.4, 0.5) is 0 Å². The van der Waals surface area contributed by atoms with Gasteiger partial charge in [0.1, 0.15) is 24.7 Å². The Balaban J connectivity index is 1.24. The summed E-state index contributed by atoms with van der Waals surface area (Å²) in [6, 6.07) is 32.6. The average Bonchev–Trinajstić information content (AvgIpc) is 3.19. The van der Waals surface area contributed by atoms with E-state index in [9.17, 15) is 9.59 Å².